The minimum atomic E-state index is -0.473. The number of benzene rings is 1. The van der Waals surface area contributed by atoms with Gasteiger partial charge in [0.25, 0.3) is 0 Å². The van der Waals surface area contributed by atoms with Gasteiger partial charge < -0.3 is 10.6 Å². The molecule has 0 bridgehead atoms. The molecule has 1 aromatic carbocycles. The van der Waals surface area contributed by atoms with Crippen LogP contribution in [0.15, 0.2) is 12.1 Å². The second kappa shape index (κ2) is 3.77. The first-order chi connectivity index (χ1) is 7.22. The van der Waals surface area contributed by atoms with Crippen molar-refractivity contribution in [3.05, 3.63) is 23.5 Å². The Morgan fingerprint density at radius 3 is 3.07 bits per heavy atom. The Balaban J connectivity index is 2.54. The van der Waals surface area contributed by atoms with Crippen molar-refractivity contribution < 1.29 is 4.39 Å². The van der Waals surface area contributed by atoms with Gasteiger partial charge in [-0.3, -0.25) is 0 Å². The van der Waals surface area contributed by atoms with Crippen LogP contribution in [-0.4, -0.2) is 12.6 Å². The molecule has 0 radical (unpaired) electrons. The molecule has 0 fully saturated rings. The van der Waals surface area contributed by atoms with E-state index in [4.69, 9.17) is 5.26 Å². The minimum Gasteiger partial charge on any atom is -0.383 e. The predicted molar refractivity (Wildman–Crippen MR) is 57.3 cm³/mol. The van der Waals surface area contributed by atoms with Crippen molar-refractivity contribution in [2.45, 2.75) is 19.4 Å². The van der Waals surface area contributed by atoms with Crippen LogP contribution in [0.4, 0.5) is 15.8 Å². The third-order valence-corrected chi connectivity index (χ3v) is 2.55. The van der Waals surface area contributed by atoms with E-state index in [-0.39, 0.29) is 11.6 Å². The van der Waals surface area contributed by atoms with E-state index in [1.807, 2.05) is 13.0 Å². The maximum absolute atomic E-state index is 13.3. The van der Waals surface area contributed by atoms with E-state index in [0.717, 1.165) is 18.7 Å². The van der Waals surface area contributed by atoms with Crippen molar-refractivity contribution >= 4 is 11.4 Å². The summed E-state index contributed by atoms with van der Waals surface area (Å²) in [4.78, 5) is 0. The fourth-order valence-electron chi connectivity index (χ4n) is 1.73. The Morgan fingerprint density at radius 1 is 1.53 bits per heavy atom. The van der Waals surface area contributed by atoms with Gasteiger partial charge in [0.1, 0.15) is 17.4 Å². The summed E-state index contributed by atoms with van der Waals surface area (Å²) in [6.45, 7) is 2.85. The third kappa shape index (κ3) is 1.73. The summed E-state index contributed by atoms with van der Waals surface area (Å²) in [6.07, 6.45) is 0.946. The number of nitriles is 1. The Bertz CT molecular complexity index is 423. The summed E-state index contributed by atoms with van der Waals surface area (Å²) in [5.41, 5.74) is 1.48. The molecule has 78 valence electrons. The van der Waals surface area contributed by atoms with Gasteiger partial charge in [-0.05, 0) is 25.5 Å². The molecule has 2 rings (SSSR count). The summed E-state index contributed by atoms with van der Waals surface area (Å²) in [5.74, 6) is -0.473. The predicted octanol–water partition coefficient (Wildman–Crippen LogP) is 2.31. The smallest absolute Gasteiger partial charge is 0.143 e. The van der Waals surface area contributed by atoms with Gasteiger partial charge in [0.05, 0.1) is 11.4 Å². The van der Waals surface area contributed by atoms with E-state index in [2.05, 4.69) is 10.6 Å². The molecule has 0 saturated heterocycles. The Hall–Kier alpha value is -1.76. The van der Waals surface area contributed by atoms with Gasteiger partial charge in [-0.25, -0.2) is 4.39 Å². The van der Waals surface area contributed by atoms with E-state index < -0.39 is 5.82 Å². The lowest BCUT2D eigenvalue weighted by atomic mass is 10.1. The van der Waals surface area contributed by atoms with Crippen molar-refractivity contribution in [2.24, 2.45) is 0 Å². The van der Waals surface area contributed by atoms with Crippen molar-refractivity contribution in [1.29, 1.82) is 5.26 Å². The number of nitrogens with one attached hydrogen (secondary N) is 2. The molecular weight excluding hydrogens is 193 g/mol. The van der Waals surface area contributed by atoms with Crippen LogP contribution in [0.3, 0.4) is 0 Å². The summed E-state index contributed by atoms with van der Waals surface area (Å²) in [7, 11) is 0. The Labute approximate surface area is 87.9 Å². The van der Waals surface area contributed by atoms with Crippen molar-refractivity contribution in [2.75, 3.05) is 17.2 Å². The van der Waals surface area contributed by atoms with Crippen molar-refractivity contribution in [3.8, 4) is 6.07 Å². The van der Waals surface area contributed by atoms with Crippen LogP contribution in [0.2, 0.25) is 0 Å². The number of nitrogens with zero attached hydrogens (tertiary/aromatic N) is 1. The first kappa shape index (κ1) is 9.78. The fourth-order valence-corrected chi connectivity index (χ4v) is 1.73. The van der Waals surface area contributed by atoms with Gasteiger partial charge in [-0.2, -0.15) is 5.26 Å². The largest absolute Gasteiger partial charge is 0.383 e. The molecule has 0 spiro atoms. The molecule has 1 heterocycles. The monoisotopic (exact) mass is 205 g/mol. The first-order valence-electron chi connectivity index (χ1n) is 4.95. The molecule has 15 heavy (non-hydrogen) atoms. The fraction of sp³-hybridized carbons (Fsp3) is 0.364. The van der Waals surface area contributed by atoms with E-state index in [1.54, 1.807) is 6.07 Å². The average molecular weight is 205 g/mol. The second-order valence-corrected chi connectivity index (χ2v) is 3.72. The maximum Gasteiger partial charge on any atom is 0.143 e. The molecular formula is C11H12FN3. The van der Waals surface area contributed by atoms with E-state index in [9.17, 15) is 4.39 Å². The summed E-state index contributed by atoms with van der Waals surface area (Å²) >= 11 is 0. The highest BCUT2D eigenvalue weighted by molar-refractivity contribution is 5.76. The third-order valence-electron chi connectivity index (χ3n) is 2.55. The molecule has 0 aromatic heterocycles. The topological polar surface area (TPSA) is 47.9 Å². The molecule has 0 saturated carbocycles. The van der Waals surface area contributed by atoms with Crippen molar-refractivity contribution in [3.63, 3.8) is 0 Å². The SMILES string of the molecule is CC1CCNc2ccc(F)c(C#N)c2N1. The van der Waals surface area contributed by atoms with E-state index in [1.165, 1.54) is 6.07 Å². The van der Waals surface area contributed by atoms with Crippen LogP contribution < -0.4 is 10.6 Å². The van der Waals surface area contributed by atoms with E-state index >= 15 is 0 Å². The molecule has 3 nitrogen and oxygen atoms in total. The van der Waals surface area contributed by atoms with Gasteiger partial charge in [-0.1, -0.05) is 0 Å². The average Bonchev–Trinajstić information content (AvgIpc) is 2.39. The summed E-state index contributed by atoms with van der Waals surface area (Å²) < 4.78 is 13.3. The maximum atomic E-state index is 13.3. The number of hydrogen-bond acceptors (Lipinski definition) is 3. The standard InChI is InChI=1S/C11H12FN3/c1-7-4-5-14-10-3-2-9(12)8(6-13)11(10)15-7/h2-3,7,14-15H,4-5H2,1H3. The van der Waals surface area contributed by atoms with Gasteiger partial charge in [0, 0.05) is 12.6 Å². The second-order valence-electron chi connectivity index (χ2n) is 3.72. The molecule has 0 aliphatic carbocycles. The molecule has 1 unspecified atom stereocenters. The van der Waals surface area contributed by atoms with Crippen LogP contribution in [0.1, 0.15) is 18.9 Å². The van der Waals surface area contributed by atoms with Crippen LogP contribution in [-0.2, 0) is 0 Å². The number of halogens is 1. The Morgan fingerprint density at radius 2 is 2.33 bits per heavy atom. The van der Waals surface area contributed by atoms with Gasteiger partial charge in [-0.15, -0.1) is 0 Å². The normalized spacial score (nSPS) is 19.1. The number of rotatable bonds is 0. The van der Waals surface area contributed by atoms with Crippen LogP contribution >= 0.6 is 0 Å². The highest BCUT2D eigenvalue weighted by Crippen LogP contribution is 2.30. The van der Waals surface area contributed by atoms with Crippen LogP contribution in [0.25, 0.3) is 0 Å². The molecule has 1 atom stereocenters. The zero-order chi connectivity index (χ0) is 10.8. The first-order valence-corrected chi connectivity index (χ1v) is 4.95. The Kier molecular flexibility index (Phi) is 2.46. The van der Waals surface area contributed by atoms with Gasteiger partial charge >= 0.3 is 0 Å². The molecule has 1 aromatic rings. The lowest BCUT2D eigenvalue weighted by Gasteiger charge is -2.13. The lowest BCUT2D eigenvalue weighted by molar-refractivity contribution is 0.624. The lowest BCUT2D eigenvalue weighted by Crippen LogP contribution is -2.15. The zero-order valence-electron chi connectivity index (χ0n) is 8.47. The van der Waals surface area contributed by atoms with Crippen molar-refractivity contribution in [1.82, 2.24) is 0 Å². The molecule has 1 aliphatic rings. The number of anilines is 2. The molecule has 0 amide bonds. The summed E-state index contributed by atoms with van der Waals surface area (Å²) in [5, 5.41) is 15.2. The highest BCUT2D eigenvalue weighted by atomic mass is 19.1. The number of hydrogen-bond donors (Lipinski definition) is 2. The molecule has 1 aliphatic heterocycles. The zero-order valence-corrected chi connectivity index (χ0v) is 8.47. The number of fused-ring (bicyclic) bond motifs is 1. The minimum absolute atomic E-state index is 0.0914. The van der Waals surface area contributed by atoms with E-state index in [0.29, 0.717) is 5.69 Å². The van der Waals surface area contributed by atoms with Crippen LogP contribution in [0.5, 0.6) is 0 Å². The van der Waals surface area contributed by atoms with Gasteiger partial charge in [0.2, 0.25) is 0 Å². The highest BCUT2D eigenvalue weighted by Gasteiger charge is 2.17. The molecule has 4 heteroatoms. The summed E-state index contributed by atoms with van der Waals surface area (Å²) in [6, 6.07) is 5.12. The van der Waals surface area contributed by atoms with Gasteiger partial charge in [0.15, 0.2) is 0 Å². The quantitative estimate of drug-likeness (QED) is 0.683. The molecule has 2 N–H and O–H groups in total. The van der Waals surface area contributed by atoms with Crippen LogP contribution in [0, 0.1) is 17.1 Å².